The van der Waals surface area contributed by atoms with Gasteiger partial charge in [-0.3, -0.25) is 0 Å². The maximum atomic E-state index is 2.47. The summed E-state index contributed by atoms with van der Waals surface area (Å²) in [6.07, 6.45) is 5.24. The number of rotatable bonds is 22. The third-order valence-corrected chi connectivity index (χ3v) is 23.9. The Morgan fingerprint density at radius 1 is 0.171 bits per heavy atom. The zero-order valence-corrected chi connectivity index (χ0v) is 58.2. The van der Waals surface area contributed by atoms with Gasteiger partial charge in [0.15, 0.2) is 0 Å². The standard InChI is InChI=1S/C13H28.2C12H26.3C11H24/c1-8-12(9-2)13(7,10(3)4)11(5)6;2*1-8-11(6)12(7,9(2)3)10(4)5;3*1-8(2)11(7,9(3)4)10(5)6/h10-12H,8-9H2,1-7H3;2*9-11H,8H2,1-7H3;3*8-10H,1-7H3. The highest BCUT2D eigenvalue weighted by atomic mass is 14.5. The van der Waals surface area contributed by atoms with Crippen molar-refractivity contribution in [3.8, 4) is 0 Å². The lowest BCUT2D eigenvalue weighted by Crippen LogP contribution is -2.37. The molecule has 70 heavy (non-hydrogen) atoms. The van der Waals surface area contributed by atoms with Gasteiger partial charge in [0.2, 0.25) is 0 Å². The topological polar surface area (TPSA) is 0 Å². The lowest BCUT2D eigenvalue weighted by Gasteiger charge is -2.44. The zero-order chi connectivity index (χ0) is 58.2. The van der Waals surface area contributed by atoms with Gasteiger partial charge in [0.05, 0.1) is 0 Å². The molecule has 0 fully saturated rings. The van der Waals surface area contributed by atoms with Crippen LogP contribution < -0.4 is 0 Å². The first-order chi connectivity index (χ1) is 31.1. The molecule has 0 aliphatic rings. The zero-order valence-electron chi connectivity index (χ0n) is 58.2. The highest BCUT2D eigenvalue weighted by Crippen LogP contribution is 2.48. The van der Waals surface area contributed by atoms with Gasteiger partial charge in [-0.15, -0.1) is 0 Å². The fourth-order valence-electron chi connectivity index (χ4n) is 13.3. The lowest BCUT2D eigenvalue weighted by atomic mass is 9.61. The van der Waals surface area contributed by atoms with Crippen molar-refractivity contribution in [2.24, 2.45) is 139 Å². The maximum Gasteiger partial charge on any atom is -0.0252 e. The molecule has 0 aliphatic heterocycles. The fourth-order valence-corrected chi connectivity index (χ4v) is 13.3. The molecular formula is C70H152. The second-order valence-corrected chi connectivity index (χ2v) is 29.6. The van der Waals surface area contributed by atoms with Crippen molar-refractivity contribution in [2.45, 2.75) is 316 Å². The minimum absolute atomic E-state index is 0.500. The summed E-state index contributed by atoms with van der Waals surface area (Å²) < 4.78 is 0. The van der Waals surface area contributed by atoms with Crippen LogP contribution in [0.5, 0.6) is 0 Å². The minimum atomic E-state index is 0.500. The summed E-state index contributed by atoms with van der Waals surface area (Å²) in [6, 6.07) is 0. The summed E-state index contributed by atoms with van der Waals surface area (Å²) in [7, 11) is 0. The van der Waals surface area contributed by atoms with Crippen LogP contribution in [0.25, 0.3) is 0 Å². The van der Waals surface area contributed by atoms with Gasteiger partial charge in [0, 0.05) is 0 Å². The molecule has 2 unspecified atom stereocenters. The average Bonchev–Trinajstić information content (AvgIpc) is 3.24. The SMILES string of the molecule is CC(C)C(C)(C(C)C)C(C)C.CC(C)C(C)(C(C)C)C(C)C.CC(C)C(C)(C(C)C)C(C)C.CCC(C)C(C)(C(C)C)C(C)C.CCC(C)C(C)(C(C)C)C(C)C.CCC(CC)C(C)(C(C)C)C(C)C. The second kappa shape index (κ2) is 36.1. The lowest BCUT2D eigenvalue weighted by molar-refractivity contribution is 0.0474. The molecule has 0 radical (unpaired) electrons. The van der Waals surface area contributed by atoms with Crippen LogP contribution in [0, 0.1) is 139 Å². The second-order valence-electron chi connectivity index (χ2n) is 29.6. The van der Waals surface area contributed by atoms with Crippen molar-refractivity contribution in [3.05, 3.63) is 0 Å². The van der Waals surface area contributed by atoms with Crippen molar-refractivity contribution in [3.63, 3.8) is 0 Å². The number of hydrogen-bond donors (Lipinski definition) is 0. The van der Waals surface area contributed by atoms with E-state index in [0.717, 1.165) is 107 Å². The maximum absolute atomic E-state index is 2.47. The van der Waals surface area contributed by atoms with Crippen molar-refractivity contribution >= 4 is 0 Å². The minimum Gasteiger partial charge on any atom is -0.0651 e. The Bertz CT molecular complexity index is 994. The summed E-state index contributed by atoms with van der Waals surface area (Å²) in [6.45, 7) is 98.9. The summed E-state index contributed by atoms with van der Waals surface area (Å²) in [5.41, 5.74) is 3.03. The molecule has 0 aromatic carbocycles. The van der Waals surface area contributed by atoms with Crippen molar-refractivity contribution in [2.75, 3.05) is 0 Å². The van der Waals surface area contributed by atoms with Crippen molar-refractivity contribution < 1.29 is 0 Å². The van der Waals surface area contributed by atoms with Crippen LogP contribution in [0.1, 0.15) is 316 Å². The molecule has 0 aliphatic carbocycles. The molecular weight excluding hydrogens is 841 g/mol. The van der Waals surface area contributed by atoms with E-state index in [1.54, 1.807) is 0 Å². The molecule has 0 spiro atoms. The monoisotopic (exact) mass is 993 g/mol. The third-order valence-electron chi connectivity index (χ3n) is 23.9. The van der Waals surface area contributed by atoms with E-state index in [1.807, 2.05) is 0 Å². The van der Waals surface area contributed by atoms with E-state index >= 15 is 0 Å². The molecule has 432 valence electrons. The Morgan fingerprint density at radius 2 is 0.286 bits per heavy atom. The van der Waals surface area contributed by atoms with Gasteiger partial charge in [0.1, 0.15) is 0 Å². The van der Waals surface area contributed by atoms with Crippen LogP contribution in [0.15, 0.2) is 0 Å². The predicted octanol–water partition coefficient (Wildman–Crippen LogP) is 25.3. The largest absolute Gasteiger partial charge is 0.0651 e. The molecule has 0 bridgehead atoms. The fraction of sp³-hybridized carbons (Fsp3) is 1.00. The van der Waals surface area contributed by atoms with Gasteiger partial charge in [-0.05, 0) is 139 Å². The summed E-state index contributed by atoms with van der Waals surface area (Å²) in [4.78, 5) is 0. The molecule has 0 aromatic rings. The van der Waals surface area contributed by atoms with E-state index in [2.05, 4.69) is 291 Å². The molecule has 0 N–H and O–H groups in total. The summed E-state index contributed by atoms with van der Waals surface area (Å²) >= 11 is 0. The average molecular weight is 994 g/mol. The Kier molecular flexibility index (Phi) is 42.0. The number of hydrogen-bond acceptors (Lipinski definition) is 0. The Labute approximate surface area is 453 Å². The van der Waals surface area contributed by atoms with Crippen molar-refractivity contribution in [1.82, 2.24) is 0 Å². The predicted molar refractivity (Wildman–Crippen MR) is 334 cm³/mol. The van der Waals surface area contributed by atoms with Gasteiger partial charge in [-0.2, -0.15) is 0 Å². The van der Waals surface area contributed by atoms with E-state index in [4.69, 9.17) is 0 Å². The van der Waals surface area contributed by atoms with Gasteiger partial charge >= 0.3 is 0 Å². The smallest absolute Gasteiger partial charge is 0.0252 e. The Hall–Kier alpha value is 0. The molecule has 0 heterocycles. The van der Waals surface area contributed by atoms with Crippen LogP contribution in [0.4, 0.5) is 0 Å². The van der Waals surface area contributed by atoms with Crippen LogP contribution >= 0.6 is 0 Å². The Balaban J connectivity index is -0.000000176. The van der Waals surface area contributed by atoms with Gasteiger partial charge < -0.3 is 0 Å². The molecule has 0 saturated heterocycles. The molecule has 0 aromatic heterocycles. The van der Waals surface area contributed by atoms with Gasteiger partial charge in [-0.1, -0.05) is 316 Å². The molecule has 0 amide bonds. The summed E-state index contributed by atoms with van der Waals surface area (Å²) in [5, 5.41) is 0. The van der Waals surface area contributed by atoms with Crippen molar-refractivity contribution in [1.29, 1.82) is 0 Å². The van der Waals surface area contributed by atoms with E-state index in [9.17, 15) is 0 Å². The van der Waals surface area contributed by atoms with Crippen LogP contribution in [-0.4, -0.2) is 0 Å². The first-order valence-corrected chi connectivity index (χ1v) is 31.1. The Morgan fingerprint density at radius 3 is 0.314 bits per heavy atom. The molecule has 0 saturated carbocycles. The van der Waals surface area contributed by atoms with Crippen LogP contribution in [0.2, 0.25) is 0 Å². The quantitative estimate of drug-likeness (QED) is 0.101. The van der Waals surface area contributed by atoms with Crippen LogP contribution in [-0.2, 0) is 0 Å². The molecule has 0 nitrogen and oxygen atoms in total. The van der Waals surface area contributed by atoms with Gasteiger partial charge in [-0.25, -0.2) is 0 Å². The van der Waals surface area contributed by atoms with E-state index < -0.39 is 0 Å². The normalized spacial score (nSPS) is 14.3. The van der Waals surface area contributed by atoms with E-state index in [-0.39, 0.29) is 0 Å². The van der Waals surface area contributed by atoms with E-state index in [0.29, 0.717) is 32.5 Å². The molecule has 0 heteroatoms. The van der Waals surface area contributed by atoms with Gasteiger partial charge in [0.25, 0.3) is 0 Å². The summed E-state index contributed by atoms with van der Waals surface area (Å²) in [5.74, 6) is 14.3. The molecule has 2 atom stereocenters. The highest BCUT2D eigenvalue weighted by Gasteiger charge is 2.40. The highest BCUT2D eigenvalue weighted by molar-refractivity contribution is 4.89. The first kappa shape index (κ1) is 81.4. The van der Waals surface area contributed by atoms with Crippen LogP contribution in [0.3, 0.4) is 0 Å². The molecule has 0 rings (SSSR count). The van der Waals surface area contributed by atoms with E-state index in [1.165, 1.54) is 25.7 Å². The first-order valence-electron chi connectivity index (χ1n) is 31.1. The third kappa shape index (κ3) is 22.7.